The van der Waals surface area contributed by atoms with Crippen LogP contribution in [0.2, 0.25) is 5.02 Å². The van der Waals surface area contributed by atoms with Gasteiger partial charge in [-0.05, 0) is 25.0 Å². The van der Waals surface area contributed by atoms with Crippen molar-refractivity contribution >= 4 is 17.5 Å². The molecule has 0 aromatic heterocycles. The maximum atomic E-state index is 13.5. The number of aliphatic hydroxyl groups is 1. The van der Waals surface area contributed by atoms with Crippen LogP contribution in [0.25, 0.3) is 0 Å². The van der Waals surface area contributed by atoms with Gasteiger partial charge in [0.15, 0.2) is 5.82 Å². The number of aliphatic hydroxyl groups excluding tert-OH is 1. The van der Waals surface area contributed by atoms with E-state index in [0.29, 0.717) is 12.8 Å². The number of hydrogen-bond donors (Lipinski definition) is 2. The van der Waals surface area contributed by atoms with Crippen LogP contribution >= 0.6 is 11.6 Å². The van der Waals surface area contributed by atoms with Gasteiger partial charge in [-0.1, -0.05) is 17.7 Å². The van der Waals surface area contributed by atoms with Gasteiger partial charge < -0.3 is 10.4 Å². The first-order valence-corrected chi connectivity index (χ1v) is 5.38. The van der Waals surface area contributed by atoms with Crippen LogP contribution in [-0.2, 0) is 0 Å². The van der Waals surface area contributed by atoms with Crippen LogP contribution < -0.4 is 5.32 Å². The predicted octanol–water partition coefficient (Wildman–Crippen LogP) is 1.73. The normalized spacial score (nSPS) is 23.7. The maximum absolute atomic E-state index is 13.5. The lowest BCUT2D eigenvalue weighted by atomic mass is 9.89. The highest BCUT2D eigenvalue weighted by Crippen LogP contribution is 2.21. The molecule has 3 nitrogen and oxygen atoms in total. The third kappa shape index (κ3) is 2.18. The highest BCUT2D eigenvalue weighted by Gasteiger charge is 2.29. The first kappa shape index (κ1) is 11.4. The molecule has 16 heavy (non-hydrogen) atoms. The molecule has 86 valence electrons. The van der Waals surface area contributed by atoms with Gasteiger partial charge in [0.2, 0.25) is 0 Å². The number of carbonyl (C=O) groups excluding carboxylic acids is 1. The molecule has 0 heterocycles. The van der Waals surface area contributed by atoms with Crippen molar-refractivity contribution in [3.63, 3.8) is 0 Å². The van der Waals surface area contributed by atoms with Gasteiger partial charge in [-0.3, -0.25) is 4.79 Å². The van der Waals surface area contributed by atoms with Gasteiger partial charge >= 0.3 is 0 Å². The standard InChI is InChI=1S/C11H11ClFNO2/c12-9-3-1-2-8(10(9)13)11(16)14-6-4-7(15)5-6/h1-3,6-7,15H,4-5H2,(H,14,16). The average molecular weight is 244 g/mol. The molecular formula is C11H11ClFNO2. The van der Waals surface area contributed by atoms with Crippen molar-refractivity contribution in [1.82, 2.24) is 5.32 Å². The number of halogens is 2. The Morgan fingerprint density at radius 1 is 1.50 bits per heavy atom. The molecule has 5 heteroatoms. The molecule has 2 rings (SSSR count). The highest BCUT2D eigenvalue weighted by atomic mass is 35.5. The van der Waals surface area contributed by atoms with Crippen molar-refractivity contribution in [2.24, 2.45) is 0 Å². The second-order valence-electron chi connectivity index (χ2n) is 3.90. The summed E-state index contributed by atoms with van der Waals surface area (Å²) in [5.74, 6) is -1.20. The van der Waals surface area contributed by atoms with Gasteiger partial charge in [0.1, 0.15) is 0 Å². The fourth-order valence-corrected chi connectivity index (χ4v) is 1.82. The second kappa shape index (κ2) is 4.39. The first-order valence-electron chi connectivity index (χ1n) is 5.01. The summed E-state index contributed by atoms with van der Waals surface area (Å²) in [6.07, 6.45) is 0.691. The van der Waals surface area contributed by atoms with Gasteiger partial charge in [-0.25, -0.2) is 4.39 Å². The largest absolute Gasteiger partial charge is 0.393 e. The summed E-state index contributed by atoms with van der Waals surface area (Å²) in [5, 5.41) is 11.6. The molecule has 1 aliphatic carbocycles. The van der Waals surface area contributed by atoms with Crippen LogP contribution in [0.4, 0.5) is 4.39 Å². The minimum atomic E-state index is -0.707. The van der Waals surface area contributed by atoms with Gasteiger partial charge in [0, 0.05) is 6.04 Å². The lowest BCUT2D eigenvalue weighted by molar-refractivity contribution is 0.0561. The molecule has 2 N–H and O–H groups in total. The van der Waals surface area contributed by atoms with Crippen LogP contribution in [0.5, 0.6) is 0 Å². The van der Waals surface area contributed by atoms with Crippen molar-refractivity contribution in [2.75, 3.05) is 0 Å². The Balaban J connectivity index is 2.06. The van der Waals surface area contributed by atoms with E-state index in [-0.39, 0.29) is 22.7 Å². The summed E-state index contributed by atoms with van der Waals surface area (Å²) in [4.78, 5) is 11.6. The zero-order valence-electron chi connectivity index (χ0n) is 8.41. The highest BCUT2D eigenvalue weighted by molar-refractivity contribution is 6.31. The first-order chi connectivity index (χ1) is 7.58. The molecule has 1 amide bonds. The molecule has 0 spiro atoms. The number of amides is 1. The van der Waals surface area contributed by atoms with E-state index in [1.807, 2.05) is 0 Å². The van der Waals surface area contributed by atoms with E-state index in [9.17, 15) is 9.18 Å². The van der Waals surface area contributed by atoms with E-state index in [1.54, 1.807) is 0 Å². The summed E-state index contributed by atoms with van der Waals surface area (Å²) >= 11 is 5.57. The SMILES string of the molecule is O=C(NC1CC(O)C1)c1cccc(Cl)c1F. The van der Waals surface area contributed by atoms with Gasteiger partial charge in [0.05, 0.1) is 16.7 Å². The summed E-state index contributed by atoms with van der Waals surface area (Å²) in [5.41, 5.74) is -0.0612. The molecular weight excluding hydrogens is 233 g/mol. The molecule has 0 saturated heterocycles. The maximum Gasteiger partial charge on any atom is 0.254 e. The molecule has 1 aromatic carbocycles. The van der Waals surface area contributed by atoms with Crippen molar-refractivity contribution in [3.8, 4) is 0 Å². The minimum Gasteiger partial charge on any atom is -0.393 e. The Bertz CT molecular complexity index is 418. The predicted molar refractivity (Wildman–Crippen MR) is 57.9 cm³/mol. The third-order valence-corrected chi connectivity index (χ3v) is 2.94. The van der Waals surface area contributed by atoms with Crippen LogP contribution in [-0.4, -0.2) is 23.2 Å². The van der Waals surface area contributed by atoms with Crippen LogP contribution in [0, 0.1) is 5.82 Å². The fourth-order valence-electron chi connectivity index (χ4n) is 1.65. The van der Waals surface area contributed by atoms with Crippen molar-refractivity contribution in [2.45, 2.75) is 25.0 Å². The van der Waals surface area contributed by atoms with E-state index in [1.165, 1.54) is 18.2 Å². The number of nitrogens with one attached hydrogen (secondary N) is 1. The van der Waals surface area contributed by atoms with Gasteiger partial charge in [0.25, 0.3) is 5.91 Å². The quantitative estimate of drug-likeness (QED) is 0.831. The van der Waals surface area contributed by atoms with Crippen LogP contribution in [0.1, 0.15) is 23.2 Å². The van der Waals surface area contributed by atoms with Crippen molar-refractivity contribution in [3.05, 3.63) is 34.6 Å². The third-order valence-electron chi connectivity index (χ3n) is 2.64. The lowest BCUT2D eigenvalue weighted by Gasteiger charge is -2.31. The van der Waals surface area contributed by atoms with E-state index in [2.05, 4.69) is 5.32 Å². The second-order valence-corrected chi connectivity index (χ2v) is 4.30. The summed E-state index contributed by atoms with van der Waals surface area (Å²) < 4.78 is 13.5. The molecule has 1 saturated carbocycles. The zero-order valence-corrected chi connectivity index (χ0v) is 9.17. The van der Waals surface area contributed by atoms with Gasteiger partial charge in [-0.15, -0.1) is 0 Å². The van der Waals surface area contributed by atoms with Crippen molar-refractivity contribution < 1.29 is 14.3 Å². The molecule has 0 radical (unpaired) electrons. The molecule has 1 fully saturated rings. The lowest BCUT2D eigenvalue weighted by Crippen LogP contribution is -2.46. The monoisotopic (exact) mass is 243 g/mol. The van der Waals surface area contributed by atoms with Gasteiger partial charge in [-0.2, -0.15) is 0 Å². The summed E-state index contributed by atoms with van der Waals surface area (Å²) in [7, 11) is 0. The Labute approximate surface area is 97.2 Å². The van der Waals surface area contributed by atoms with Crippen LogP contribution in [0.3, 0.4) is 0 Å². The van der Waals surface area contributed by atoms with Crippen LogP contribution in [0.15, 0.2) is 18.2 Å². The molecule has 1 aromatic rings. The zero-order chi connectivity index (χ0) is 11.7. The number of carbonyl (C=O) groups is 1. The molecule has 0 atom stereocenters. The smallest absolute Gasteiger partial charge is 0.254 e. The Hall–Kier alpha value is -1.13. The number of benzene rings is 1. The molecule has 0 aliphatic heterocycles. The average Bonchev–Trinajstić information content (AvgIpc) is 2.19. The fraction of sp³-hybridized carbons (Fsp3) is 0.364. The van der Waals surface area contributed by atoms with Crippen molar-refractivity contribution in [1.29, 1.82) is 0 Å². The van der Waals surface area contributed by atoms with E-state index in [4.69, 9.17) is 16.7 Å². The van der Waals surface area contributed by atoms with E-state index < -0.39 is 11.7 Å². The topological polar surface area (TPSA) is 49.3 Å². The minimum absolute atomic E-state index is 0.0612. The van der Waals surface area contributed by atoms with E-state index >= 15 is 0 Å². The summed E-state index contributed by atoms with van der Waals surface area (Å²) in [6.45, 7) is 0. The number of hydrogen-bond acceptors (Lipinski definition) is 2. The molecule has 0 bridgehead atoms. The Kier molecular flexibility index (Phi) is 3.12. The summed E-state index contributed by atoms with van der Waals surface area (Å²) in [6, 6.07) is 4.23. The molecule has 0 unspecified atom stereocenters. The Morgan fingerprint density at radius 2 is 2.19 bits per heavy atom. The number of rotatable bonds is 2. The molecule has 1 aliphatic rings. The van der Waals surface area contributed by atoms with E-state index in [0.717, 1.165) is 0 Å². The Morgan fingerprint density at radius 3 is 2.81 bits per heavy atom.